The zero-order chi connectivity index (χ0) is 30.4. The molecule has 214 valence electrons. The Morgan fingerprint density at radius 3 is 1.89 bits per heavy atom. The normalized spacial score (nSPS) is 15.6. The summed E-state index contributed by atoms with van der Waals surface area (Å²) in [7, 11) is 0. The average Bonchev–Trinajstić information content (AvgIpc) is 3.73. The standard InChI is InChI=1S/C44H27NO/c46-43(28-13-3-1-4-14-28)29-23-24-32-31-17-7-10-20-35(31)44(38(32)27-29)36-21-11-8-18-33(36)41-37(44)25-26-40-42(41)34-19-9-12-22-39(34)45(40)30-15-5-2-6-16-30/h1-27H. The number of benzene rings is 7. The van der Waals surface area contributed by atoms with Crippen LogP contribution in [-0.4, -0.2) is 10.4 Å². The number of ketones is 1. The molecule has 0 fully saturated rings. The summed E-state index contributed by atoms with van der Waals surface area (Å²) in [5.74, 6) is 0.0439. The molecule has 8 aromatic rings. The van der Waals surface area contributed by atoms with Crippen molar-refractivity contribution >= 4 is 27.6 Å². The quantitative estimate of drug-likeness (QED) is 0.189. The van der Waals surface area contributed by atoms with Crippen LogP contribution in [0.3, 0.4) is 0 Å². The lowest BCUT2D eigenvalue weighted by Crippen LogP contribution is -2.26. The monoisotopic (exact) mass is 585 g/mol. The number of rotatable bonds is 3. The van der Waals surface area contributed by atoms with Gasteiger partial charge in [-0.2, -0.15) is 0 Å². The van der Waals surface area contributed by atoms with Gasteiger partial charge in [0.05, 0.1) is 16.4 Å². The van der Waals surface area contributed by atoms with E-state index in [-0.39, 0.29) is 5.78 Å². The van der Waals surface area contributed by atoms with Crippen molar-refractivity contribution < 1.29 is 4.79 Å². The molecule has 0 aliphatic heterocycles. The predicted molar refractivity (Wildman–Crippen MR) is 187 cm³/mol. The molecule has 2 nitrogen and oxygen atoms in total. The number of para-hydroxylation sites is 2. The zero-order valence-electron chi connectivity index (χ0n) is 24.9. The van der Waals surface area contributed by atoms with Crippen LogP contribution >= 0.6 is 0 Å². The molecule has 0 radical (unpaired) electrons. The molecule has 10 rings (SSSR count). The lowest BCUT2D eigenvalue weighted by Gasteiger charge is -2.30. The maximum absolute atomic E-state index is 13.9. The van der Waals surface area contributed by atoms with Gasteiger partial charge in [-0.05, 0) is 74.8 Å². The van der Waals surface area contributed by atoms with Crippen molar-refractivity contribution in [1.82, 2.24) is 4.57 Å². The molecule has 2 heteroatoms. The first-order chi connectivity index (χ1) is 22.8. The molecule has 1 atom stereocenters. The Kier molecular flexibility index (Phi) is 5.10. The Bertz CT molecular complexity index is 2540. The van der Waals surface area contributed by atoms with Gasteiger partial charge in [0.1, 0.15) is 0 Å². The summed E-state index contributed by atoms with van der Waals surface area (Å²) in [5, 5.41) is 2.51. The molecule has 0 bridgehead atoms. The van der Waals surface area contributed by atoms with Crippen LogP contribution in [-0.2, 0) is 5.41 Å². The van der Waals surface area contributed by atoms with Crippen molar-refractivity contribution in [3.63, 3.8) is 0 Å². The van der Waals surface area contributed by atoms with Crippen LogP contribution in [0.25, 0.3) is 49.7 Å². The van der Waals surface area contributed by atoms with E-state index in [9.17, 15) is 4.79 Å². The minimum absolute atomic E-state index is 0.0439. The van der Waals surface area contributed by atoms with Crippen LogP contribution in [0.15, 0.2) is 164 Å². The average molecular weight is 586 g/mol. The van der Waals surface area contributed by atoms with Crippen molar-refractivity contribution in [1.29, 1.82) is 0 Å². The van der Waals surface area contributed by atoms with Gasteiger partial charge in [0.2, 0.25) is 0 Å². The summed E-state index contributed by atoms with van der Waals surface area (Å²) in [4.78, 5) is 13.9. The Labute approximate surface area is 266 Å². The van der Waals surface area contributed by atoms with Crippen LogP contribution in [0.1, 0.15) is 38.2 Å². The Morgan fingerprint density at radius 2 is 1.09 bits per heavy atom. The van der Waals surface area contributed by atoms with Crippen LogP contribution < -0.4 is 0 Å². The maximum atomic E-state index is 13.9. The minimum atomic E-state index is -0.547. The molecule has 7 aromatic carbocycles. The molecule has 2 aliphatic rings. The third-order valence-electron chi connectivity index (χ3n) is 10.2. The molecule has 0 N–H and O–H groups in total. The first-order valence-corrected chi connectivity index (χ1v) is 15.8. The van der Waals surface area contributed by atoms with Crippen LogP contribution in [0.5, 0.6) is 0 Å². The SMILES string of the molecule is O=C(c1ccccc1)c1ccc2c(c1)C1(c3ccccc3-2)c2ccccc2-c2c1ccc1c2c2ccccc2n1-c1ccccc1. The highest BCUT2D eigenvalue weighted by Gasteiger charge is 2.52. The lowest BCUT2D eigenvalue weighted by atomic mass is 9.70. The largest absolute Gasteiger partial charge is 0.309 e. The smallest absolute Gasteiger partial charge is 0.193 e. The summed E-state index contributed by atoms with van der Waals surface area (Å²) in [6.07, 6.45) is 0. The van der Waals surface area contributed by atoms with Crippen LogP contribution in [0, 0.1) is 0 Å². The third kappa shape index (κ3) is 3.13. The minimum Gasteiger partial charge on any atom is -0.309 e. The number of hydrogen-bond acceptors (Lipinski definition) is 1. The van der Waals surface area contributed by atoms with Gasteiger partial charge >= 0.3 is 0 Å². The molecular formula is C44H27NO. The van der Waals surface area contributed by atoms with Crippen molar-refractivity contribution in [3.8, 4) is 27.9 Å². The predicted octanol–water partition coefficient (Wildman–Crippen LogP) is 10.4. The Balaban J connectivity index is 1.34. The summed E-state index contributed by atoms with van der Waals surface area (Å²) in [6, 6.07) is 57.8. The van der Waals surface area contributed by atoms with Crippen molar-refractivity contribution in [3.05, 3.63) is 197 Å². The second kappa shape index (κ2) is 9.26. The number of nitrogens with zero attached hydrogens (tertiary/aromatic N) is 1. The van der Waals surface area contributed by atoms with Gasteiger partial charge in [-0.15, -0.1) is 0 Å². The fraction of sp³-hybridized carbons (Fsp3) is 0.0227. The molecule has 1 spiro atoms. The molecule has 46 heavy (non-hydrogen) atoms. The fourth-order valence-electron chi connectivity index (χ4n) is 8.44. The number of carbonyl (C=O) groups is 1. The second-order valence-corrected chi connectivity index (χ2v) is 12.4. The highest BCUT2D eigenvalue weighted by atomic mass is 16.1. The zero-order valence-corrected chi connectivity index (χ0v) is 24.9. The van der Waals surface area contributed by atoms with Crippen molar-refractivity contribution in [2.75, 3.05) is 0 Å². The number of fused-ring (bicyclic) bond motifs is 14. The topological polar surface area (TPSA) is 22.0 Å². The van der Waals surface area contributed by atoms with E-state index in [2.05, 4.69) is 132 Å². The first-order valence-electron chi connectivity index (χ1n) is 15.8. The summed E-state index contributed by atoms with van der Waals surface area (Å²) in [5.41, 5.74) is 14.3. The lowest BCUT2D eigenvalue weighted by molar-refractivity contribution is 0.103. The second-order valence-electron chi connectivity index (χ2n) is 12.4. The molecule has 0 amide bonds. The highest BCUT2D eigenvalue weighted by Crippen LogP contribution is 2.64. The van der Waals surface area contributed by atoms with E-state index in [1.54, 1.807) is 0 Å². The number of aromatic nitrogens is 1. The van der Waals surface area contributed by atoms with Gasteiger partial charge in [0.25, 0.3) is 0 Å². The number of hydrogen-bond donors (Lipinski definition) is 0. The van der Waals surface area contributed by atoms with E-state index in [4.69, 9.17) is 0 Å². The summed E-state index contributed by atoms with van der Waals surface area (Å²) < 4.78 is 2.39. The van der Waals surface area contributed by atoms with Crippen molar-refractivity contribution in [2.45, 2.75) is 5.41 Å². The molecule has 0 saturated heterocycles. The van der Waals surface area contributed by atoms with E-state index in [0.29, 0.717) is 11.1 Å². The van der Waals surface area contributed by atoms with Gasteiger partial charge in [-0.3, -0.25) is 4.79 Å². The van der Waals surface area contributed by atoms with Gasteiger partial charge < -0.3 is 4.57 Å². The molecule has 0 saturated carbocycles. The van der Waals surface area contributed by atoms with Gasteiger partial charge in [-0.25, -0.2) is 0 Å². The van der Waals surface area contributed by atoms with E-state index in [1.807, 2.05) is 36.4 Å². The number of carbonyl (C=O) groups excluding carboxylic acids is 1. The molecule has 2 aliphatic carbocycles. The summed E-state index contributed by atoms with van der Waals surface area (Å²) in [6.45, 7) is 0. The van der Waals surface area contributed by atoms with E-state index >= 15 is 0 Å². The summed E-state index contributed by atoms with van der Waals surface area (Å²) >= 11 is 0. The van der Waals surface area contributed by atoms with Crippen LogP contribution in [0.2, 0.25) is 0 Å². The van der Waals surface area contributed by atoms with E-state index < -0.39 is 5.41 Å². The Hall–Kier alpha value is -5.99. The molecule has 1 unspecified atom stereocenters. The third-order valence-corrected chi connectivity index (χ3v) is 10.2. The van der Waals surface area contributed by atoms with Gasteiger partial charge in [-0.1, -0.05) is 133 Å². The van der Waals surface area contributed by atoms with Gasteiger partial charge in [0.15, 0.2) is 5.78 Å². The maximum Gasteiger partial charge on any atom is 0.193 e. The fourth-order valence-corrected chi connectivity index (χ4v) is 8.44. The molecular weight excluding hydrogens is 558 g/mol. The van der Waals surface area contributed by atoms with Crippen molar-refractivity contribution in [2.24, 2.45) is 0 Å². The van der Waals surface area contributed by atoms with E-state index in [1.165, 1.54) is 66.3 Å². The molecule has 1 aromatic heterocycles. The van der Waals surface area contributed by atoms with E-state index in [0.717, 1.165) is 5.69 Å². The highest BCUT2D eigenvalue weighted by molar-refractivity contribution is 6.19. The molecule has 1 heterocycles. The first kappa shape index (κ1) is 25.3. The Morgan fingerprint density at radius 1 is 0.457 bits per heavy atom. The van der Waals surface area contributed by atoms with Crippen LogP contribution in [0.4, 0.5) is 0 Å². The van der Waals surface area contributed by atoms with Gasteiger partial charge in [0, 0.05) is 27.6 Å².